The van der Waals surface area contributed by atoms with Gasteiger partial charge in [-0.05, 0) is 128 Å². The van der Waals surface area contributed by atoms with E-state index in [0.29, 0.717) is 0 Å². The Balaban J connectivity index is 1.22. The Hall–Kier alpha value is -7.76. The quantitative estimate of drug-likeness (QED) is 0.155. The van der Waals surface area contributed by atoms with Gasteiger partial charge in [0.1, 0.15) is 27.9 Å². The Morgan fingerprint density at radius 3 is 0.986 bits per heavy atom. The van der Waals surface area contributed by atoms with Crippen molar-refractivity contribution in [1.82, 2.24) is 0 Å². The fourth-order valence-electron chi connectivity index (χ4n) is 11.0. The molecule has 0 atom stereocenters. The molecule has 12 aromatic rings. The molecule has 0 aliphatic carbocycles. The third kappa shape index (κ3) is 7.66. The molecule has 9 aromatic carbocycles. The second kappa shape index (κ2) is 16.4. The van der Waals surface area contributed by atoms with Gasteiger partial charge in [0.05, 0.1) is 28.4 Å². The van der Waals surface area contributed by atoms with Gasteiger partial charge in [-0.1, -0.05) is 168 Å². The van der Waals surface area contributed by atoms with Crippen LogP contribution in [0.3, 0.4) is 0 Å². The van der Waals surface area contributed by atoms with Gasteiger partial charge >= 0.3 is 0 Å². The van der Waals surface area contributed by atoms with Crippen LogP contribution in [0.25, 0.3) is 76.4 Å². The number of para-hydroxylation sites is 2. The lowest BCUT2D eigenvalue weighted by Gasteiger charge is -2.29. The van der Waals surface area contributed by atoms with Gasteiger partial charge in [-0.15, -0.1) is 0 Å². The largest absolute Gasteiger partial charge is 0.464 e. The average Bonchev–Trinajstić information content (AvgIpc) is 4.12. The summed E-state index contributed by atoms with van der Waals surface area (Å²) in [6.07, 6.45) is 1.83. The van der Waals surface area contributed by atoms with Crippen LogP contribution in [-0.2, 0) is 21.7 Å². The van der Waals surface area contributed by atoms with Crippen LogP contribution in [0, 0.1) is 0 Å². The Morgan fingerprint density at radius 1 is 0.301 bits per heavy atom. The van der Waals surface area contributed by atoms with Crippen molar-refractivity contribution < 1.29 is 13.3 Å². The van der Waals surface area contributed by atoms with E-state index in [1.165, 1.54) is 22.3 Å². The van der Waals surface area contributed by atoms with Crippen molar-refractivity contribution in [2.24, 2.45) is 0 Å². The Kier molecular flexibility index (Phi) is 10.4. The third-order valence-electron chi connectivity index (χ3n) is 15.2. The van der Waals surface area contributed by atoms with Crippen molar-refractivity contribution in [2.75, 3.05) is 9.80 Å². The number of hydrogen-bond donors (Lipinski definition) is 0. The normalized spacial score (nSPS) is 12.9. The van der Waals surface area contributed by atoms with Gasteiger partial charge in [0.2, 0.25) is 0 Å². The summed E-state index contributed by atoms with van der Waals surface area (Å²) < 4.78 is 21.3. The zero-order chi connectivity index (χ0) is 50.9. The predicted octanol–water partition coefficient (Wildman–Crippen LogP) is 20.7. The topological polar surface area (TPSA) is 45.9 Å². The van der Waals surface area contributed by atoms with E-state index in [-0.39, 0.29) is 21.7 Å². The zero-order valence-corrected chi connectivity index (χ0v) is 44.3. The predicted molar refractivity (Wildman–Crippen MR) is 310 cm³/mol. The smallest absolute Gasteiger partial charge is 0.146 e. The van der Waals surface area contributed by atoms with E-state index in [9.17, 15) is 0 Å². The van der Waals surface area contributed by atoms with E-state index in [1.807, 2.05) is 6.26 Å². The molecule has 3 heterocycles. The maximum atomic E-state index is 7.30. The first-order valence-electron chi connectivity index (χ1n) is 25.8. The monoisotopic (exact) mass is 956 g/mol. The van der Waals surface area contributed by atoms with E-state index in [2.05, 4.69) is 257 Å². The summed E-state index contributed by atoms with van der Waals surface area (Å²) in [6, 6.07) is 60.0. The second-order valence-electron chi connectivity index (χ2n) is 24.3. The molecule has 5 nitrogen and oxygen atoms in total. The number of benzene rings is 9. The summed E-state index contributed by atoms with van der Waals surface area (Å²) in [7, 11) is 0. The van der Waals surface area contributed by atoms with Crippen LogP contribution in [0.4, 0.5) is 34.1 Å². The molecule has 0 saturated carbocycles. The molecular formula is C68H64N2O3. The molecule has 0 amide bonds. The summed E-state index contributed by atoms with van der Waals surface area (Å²) in [5, 5.41) is 9.00. The van der Waals surface area contributed by atoms with Crippen molar-refractivity contribution in [3.05, 3.63) is 192 Å². The number of furan rings is 3. The molecule has 0 bridgehead atoms. The molecule has 3 aromatic heterocycles. The fraction of sp³-hybridized carbons (Fsp3) is 0.235. The van der Waals surface area contributed by atoms with Gasteiger partial charge in [0, 0.05) is 55.1 Å². The standard InChI is InChI=1S/C68H64N2O3/c1-65(2,3)41-21-29-45(30-22-41)69(46-31-23-42(24-32-46)66(4,5)6)54-39-52-49-37-38-71-62(49)53-40-55(70(47-33-25-43(26-34-47)67(7,8)9)48-35-27-44(28-36-48)68(10,11)12)59-51-18-14-16-20-57(51)73-64(59)61(53)60(52)63-58(54)50-17-13-15-19-56(50)72-63/h13-40H,1-12H3. The van der Waals surface area contributed by atoms with Crippen molar-refractivity contribution >= 4 is 111 Å². The molecule has 0 aliphatic rings. The lowest BCUT2D eigenvalue weighted by molar-refractivity contribution is 0.590. The molecule has 0 N–H and O–H groups in total. The molecule has 73 heavy (non-hydrogen) atoms. The van der Waals surface area contributed by atoms with E-state index in [4.69, 9.17) is 13.3 Å². The maximum absolute atomic E-state index is 7.30. The minimum Gasteiger partial charge on any atom is -0.464 e. The lowest BCUT2D eigenvalue weighted by Crippen LogP contribution is -2.15. The first-order chi connectivity index (χ1) is 34.7. The molecule has 0 unspecified atom stereocenters. The van der Waals surface area contributed by atoms with E-state index in [1.54, 1.807) is 0 Å². The Labute approximate surface area is 428 Å². The molecule has 12 rings (SSSR count). The summed E-state index contributed by atoms with van der Waals surface area (Å²) >= 11 is 0. The number of anilines is 6. The number of hydrogen-bond acceptors (Lipinski definition) is 5. The Morgan fingerprint density at radius 2 is 0.630 bits per heavy atom. The van der Waals surface area contributed by atoms with Crippen LogP contribution < -0.4 is 9.80 Å². The van der Waals surface area contributed by atoms with Crippen molar-refractivity contribution in [1.29, 1.82) is 0 Å². The summed E-state index contributed by atoms with van der Waals surface area (Å²) in [5.41, 5.74) is 15.3. The minimum absolute atomic E-state index is 0.00467. The number of nitrogens with zero attached hydrogens (tertiary/aromatic N) is 2. The summed E-state index contributed by atoms with van der Waals surface area (Å²) in [6.45, 7) is 27.2. The highest BCUT2D eigenvalue weighted by Crippen LogP contribution is 2.54. The van der Waals surface area contributed by atoms with E-state index < -0.39 is 0 Å². The third-order valence-corrected chi connectivity index (χ3v) is 15.2. The first-order valence-corrected chi connectivity index (χ1v) is 25.8. The molecule has 0 aliphatic heterocycles. The van der Waals surface area contributed by atoms with Gasteiger partial charge in [-0.25, -0.2) is 0 Å². The minimum atomic E-state index is -0.00665. The summed E-state index contributed by atoms with van der Waals surface area (Å²) in [4.78, 5) is 4.81. The van der Waals surface area contributed by atoms with Crippen LogP contribution in [-0.4, -0.2) is 0 Å². The molecule has 0 radical (unpaired) electrons. The SMILES string of the molecule is CC(C)(C)c1ccc(N(c2ccc(C(C)(C)C)cc2)c2cc3c4ccoc4c4cc(N(c5ccc(C(C)(C)C)cc5)c5ccc(C(C)(C)C)cc5)c5c6ccccc6oc5c4c3c3oc4ccccc4c23)cc1. The Bertz CT molecular complexity index is 3700. The van der Waals surface area contributed by atoms with Crippen molar-refractivity contribution in [3.8, 4) is 0 Å². The lowest BCUT2D eigenvalue weighted by atomic mass is 9.86. The highest BCUT2D eigenvalue weighted by molar-refractivity contribution is 6.39. The molecule has 5 heteroatoms. The van der Waals surface area contributed by atoms with Crippen LogP contribution >= 0.6 is 0 Å². The van der Waals surface area contributed by atoms with Gasteiger partial charge in [-0.2, -0.15) is 0 Å². The molecule has 364 valence electrons. The maximum Gasteiger partial charge on any atom is 0.146 e. The van der Waals surface area contributed by atoms with Crippen molar-refractivity contribution in [2.45, 2.75) is 105 Å². The highest BCUT2D eigenvalue weighted by Gasteiger charge is 2.30. The van der Waals surface area contributed by atoms with Gasteiger partial charge < -0.3 is 23.1 Å². The highest BCUT2D eigenvalue weighted by atomic mass is 16.3. The van der Waals surface area contributed by atoms with E-state index in [0.717, 1.165) is 111 Å². The van der Waals surface area contributed by atoms with Gasteiger partial charge in [0.15, 0.2) is 0 Å². The molecule has 0 spiro atoms. The summed E-state index contributed by atoms with van der Waals surface area (Å²) in [5.74, 6) is 0. The van der Waals surface area contributed by atoms with Crippen LogP contribution in [0.5, 0.6) is 0 Å². The zero-order valence-electron chi connectivity index (χ0n) is 44.3. The number of fused-ring (bicyclic) bond motifs is 14. The van der Waals surface area contributed by atoms with Crippen LogP contribution in [0.2, 0.25) is 0 Å². The first kappa shape index (κ1) is 46.3. The van der Waals surface area contributed by atoms with Crippen LogP contribution in [0.15, 0.2) is 183 Å². The van der Waals surface area contributed by atoms with E-state index >= 15 is 0 Å². The van der Waals surface area contributed by atoms with Crippen LogP contribution in [0.1, 0.15) is 105 Å². The van der Waals surface area contributed by atoms with Gasteiger partial charge in [-0.3, -0.25) is 0 Å². The van der Waals surface area contributed by atoms with Crippen molar-refractivity contribution in [3.63, 3.8) is 0 Å². The number of rotatable bonds is 6. The van der Waals surface area contributed by atoms with Gasteiger partial charge in [0.25, 0.3) is 0 Å². The second-order valence-corrected chi connectivity index (χ2v) is 24.3. The molecular weight excluding hydrogens is 893 g/mol. The average molecular weight is 957 g/mol. The fourth-order valence-corrected chi connectivity index (χ4v) is 11.0. The molecule has 0 saturated heterocycles. The molecule has 0 fully saturated rings.